The van der Waals surface area contributed by atoms with Crippen LogP contribution in [-0.2, 0) is 14.8 Å². The average Bonchev–Trinajstić information content (AvgIpc) is 2.08. The van der Waals surface area contributed by atoms with E-state index in [1.807, 2.05) is 0 Å². The van der Waals surface area contributed by atoms with Crippen LogP contribution in [0.4, 0.5) is 0 Å². The van der Waals surface area contributed by atoms with Crippen LogP contribution < -0.4 is 0 Å². The molecule has 1 N–H and O–H groups in total. The van der Waals surface area contributed by atoms with Gasteiger partial charge in [0.2, 0.25) is 10.0 Å². The molecule has 0 aromatic rings. The predicted molar refractivity (Wildman–Crippen MR) is 67.4 cm³/mol. The minimum atomic E-state index is -3.40. The summed E-state index contributed by atoms with van der Waals surface area (Å²) in [6.07, 6.45) is 0.325. The van der Waals surface area contributed by atoms with Crippen LogP contribution in [0.1, 0.15) is 47.5 Å². The summed E-state index contributed by atoms with van der Waals surface area (Å²) >= 11 is 0. The SMILES string of the molecule is CC(C)N(CCCC(=O)O)S(=O)(=O)C(C)(C)C. The molecule has 0 aromatic heterocycles. The first-order valence-corrected chi connectivity index (χ1v) is 7.17. The second-order valence-corrected chi connectivity index (χ2v) is 7.96. The Kier molecular flexibility index (Phi) is 5.61. The minimum Gasteiger partial charge on any atom is -0.481 e. The standard InChI is InChI=1S/C11H23NO4S/c1-9(2)12(8-6-7-10(13)14)17(15,16)11(3,4)5/h9H,6-8H2,1-5H3,(H,13,14). The van der Waals surface area contributed by atoms with Crippen LogP contribution in [-0.4, -0.2) is 41.1 Å². The van der Waals surface area contributed by atoms with Gasteiger partial charge in [0.05, 0.1) is 4.75 Å². The molecule has 0 saturated heterocycles. The molecule has 6 heteroatoms. The maximum absolute atomic E-state index is 12.2. The van der Waals surface area contributed by atoms with Crippen molar-refractivity contribution >= 4 is 16.0 Å². The van der Waals surface area contributed by atoms with Gasteiger partial charge in [-0.05, 0) is 41.0 Å². The zero-order chi connectivity index (χ0) is 13.9. The number of nitrogens with zero attached hydrogens (tertiary/aromatic N) is 1. The normalized spacial score (nSPS) is 13.4. The second kappa shape index (κ2) is 5.82. The fourth-order valence-corrected chi connectivity index (χ4v) is 3.02. The van der Waals surface area contributed by atoms with Crippen LogP contribution in [0.15, 0.2) is 0 Å². The molecule has 0 amide bonds. The van der Waals surface area contributed by atoms with Crippen LogP contribution in [0.5, 0.6) is 0 Å². The van der Waals surface area contributed by atoms with E-state index in [-0.39, 0.29) is 19.0 Å². The number of carboxylic acid groups (broad SMARTS) is 1. The molecular formula is C11H23NO4S. The monoisotopic (exact) mass is 265 g/mol. The van der Waals surface area contributed by atoms with Gasteiger partial charge < -0.3 is 5.11 Å². The van der Waals surface area contributed by atoms with Crippen LogP contribution >= 0.6 is 0 Å². The molecule has 0 heterocycles. The number of carboxylic acids is 1. The van der Waals surface area contributed by atoms with Gasteiger partial charge in [-0.1, -0.05) is 0 Å². The highest BCUT2D eigenvalue weighted by Gasteiger charge is 2.36. The first-order chi connectivity index (χ1) is 7.50. The van der Waals surface area contributed by atoms with Crippen molar-refractivity contribution in [2.45, 2.75) is 58.2 Å². The van der Waals surface area contributed by atoms with E-state index in [1.165, 1.54) is 4.31 Å². The molecule has 102 valence electrons. The number of carbonyl (C=O) groups is 1. The van der Waals surface area contributed by atoms with E-state index in [0.717, 1.165) is 0 Å². The van der Waals surface area contributed by atoms with E-state index in [1.54, 1.807) is 34.6 Å². The Hall–Kier alpha value is -0.620. The molecule has 0 unspecified atom stereocenters. The first-order valence-electron chi connectivity index (χ1n) is 5.73. The topological polar surface area (TPSA) is 74.7 Å². The van der Waals surface area contributed by atoms with Crippen molar-refractivity contribution in [3.8, 4) is 0 Å². The Morgan fingerprint density at radius 1 is 1.29 bits per heavy atom. The number of hydrogen-bond acceptors (Lipinski definition) is 3. The molecule has 0 aliphatic heterocycles. The van der Waals surface area contributed by atoms with E-state index in [4.69, 9.17) is 5.11 Å². The summed E-state index contributed by atoms with van der Waals surface area (Å²) in [6, 6.07) is -0.159. The van der Waals surface area contributed by atoms with Gasteiger partial charge in [0.25, 0.3) is 0 Å². The molecule has 0 bridgehead atoms. The molecule has 0 fully saturated rings. The summed E-state index contributed by atoms with van der Waals surface area (Å²) in [5.41, 5.74) is 0. The zero-order valence-corrected chi connectivity index (χ0v) is 12.0. The molecule has 0 aliphatic carbocycles. The summed E-state index contributed by atoms with van der Waals surface area (Å²) in [5, 5.41) is 8.56. The Morgan fingerprint density at radius 3 is 2.06 bits per heavy atom. The number of aliphatic carboxylic acids is 1. The lowest BCUT2D eigenvalue weighted by atomic mass is 10.3. The Labute approximate surface area is 104 Å². The maximum Gasteiger partial charge on any atom is 0.303 e. The van der Waals surface area contributed by atoms with Crippen molar-refractivity contribution in [3.63, 3.8) is 0 Å². The molecule has 0 rings (SSSR count). The lowest BCUT2D eigenvalue weighted by Gasteiger charge is -2.32. The van der Waals surface area contributed by atoms with Gasteiger partial charge in [-0.25, -0.2) is 8.42 Å². The van der Waals surface area contributed by atoms with E-state index in [9.17, 15) is 13.2 Å². The second-order valence-electron chi connectivity index (χ2n) is 5.32. The van der Waals surface area contributed by atoms with Crippen LogP contribution in [0.25, 0.3) is 0 Å². The summed E-state index contributed by atoms with van der Waals surface area (Å²) in [7, 11) is -3.40. The number of rotatable bonds is 6. The zero-order valence-electron chi connectivity index (χ0n) is 11.2. The fourth-order valence-electron chi connectivity index (χ4n) is 1.39. The quantitative estimate of drug-likeness (QED) is 0.793. The van der Waals surface area contributed by atoms with Gasteiger partial charge in [0.15, 0.2) is 0 Å². The van der Waals surface area contributed by atoms with Crippen LogP contribution in [0, 0.1) is 0 Å². The van der Waals surface area contributed by atoms with Crippen molar-refractivity contribution in [1.29, 1.82) is 0 Å². The Balaban J connectivity index is 4.82. The highest BCUT2D eigenvalue weighted by Crippen LogP contribution is 2.22. The third-order valence-corrected chi connectivity index (χ3v) is 5.20. The van der Waals surface area contributed by atoms with Crippen molar-refractivity contribution in [2.75, 3.05) is 6.54 Å². The largest absolute Gasteiger partial charge is 0.481 e. The summed E-state index contributed by atoms with van der Waals surface area (Å²) in [4.78, 5) is 10.4. The number of hydrogen-bond donors (Lipinski definition) is 1. The molecule has 0 aromatic carbocycles. The van der Waals surface area contributed by atoms with Gasteiger partial charge >= 0.3 is 5.97 Å². The van der Waals surface area contributed by atoms with Crippen molar-refractivity contribution in [3.05, 3.63) is 0 Å². The van der Waals surface area contributed by atoms with Gasteiger partial charge in [0.1, 0.15) is 0 Å². The molecule has 0 spiro atoms. The van der Waals surface area contributed by atoms with Crippen molar-refractivity contribution < 1.29 is 18.3 Å². The Morgan fingerprint density at radius 2 is 1.76 bits per heavy atom. The molecule has 17 heavy (non-hydrogen) atoms. The molecular weight excluding hydrogens is 242 g/mol. The van der Waals surface area contributed by atoms with Gasteiger partial charge in [0, 0.05) is 19.0 Å². The third-order valence-electron chi connectivity index (χ3n) is 2.43. The van der Waals surface area contributed by atoms with E-state index < -0.39 is 20.7 Å². The van der Waals surface area contributed by atoms with E-state index >= 15 is 0 Å². The predicted octanol–water partition coefficient (Wildman–Crippen LogP) is 1.69. The Bertz CT molecular complexity index is 354. The van der Waals surface area contributed by atoms with Gasteiger partial charge in [-0.2, -0.15) is 4.31 Å². The van der Waals surface area contributed by atoms with Crippen molar-refractivity contribution in [1.82, 2.24) is 4.31 Å². The molecule has 0 atom stereocenters. The lowest BCUT2D eigenvalue weighted by molar-refractivity contribution is -0.137. The summed E-state index contributed by atoms with van der Waals surface area (Å²) in [5.74, 6) is -0.901. The minimum absolute atomic E-state index is 0.0110. The summed E-state index contributed by atoms with van der Waals surface area (Å²) in [6.45, 7) is 8.79. The third kappa shape index (κ3) is 4.63. The van der Waals surface area contributed by atoms with Crippen LogP contribution in [0.3, 0.4) is 0 Å². The molecule has 0 radical (unpaired) electrons. The summed E-state index contributed by atoms with van der Waals surface area (Å²) < 4.78 is 25.0. The van der Waals surface area contributed by atoms with Gasteiger partial charge in [-0.15, -0.1) is 0 Å². The lowest BCUT2D eigenvalue weighted by Crippen LogP contribution is -2.46. The van der Waals surface area contributed by atoms with E-state index in [0.29, 0.717) is 6.42 Å². The van der Waals surface area contributed by atoms with E-state index in [2.05, 4.69) is 0 Å². The van der Waals surface area contributed by atoms with Crippen molar-refractivity contribution in [2.24, 2.45) is 0 Å². The number of sulfonamides is 1. The molecule has 0 aliphatic rings. The molecule has 5 nitrogen and oxygen atoms in total. The smallest absolute Gasteiger partial charge is 0.303 e. The fraction of sp³-hybridized carbons (Fsp3) is 0.909. The maximum atomic E-state index is 12.2. The highest BCUT2D eigenvalue weighted by atomic mass is 32.2. The average molecular weight is 265 g/mol. The van der Waals surface area contributed by atoms with Gasteiger partial charge in [-0.3, -0.25) is 4.79 Å². The highest BCUT2D eigenvalue weighted by molar-refractivity contribution is 7.90. The molecule has 0 saturated carbocycles. The van der Waals surface area contributed by atoms with Crippen LogP contribution in [0.2, 0.25) is 0 Å². The first kappa shape index (κ1) is 16.4.